The Hall–Kier alpha value is -1.01. The van der Waals surface area contributed by atoms with Gasteiger partial charge in [-0.1, -0.05) is 5.92 Å². The third kappa shape index (κ3) is 4.85. The normalized spacial score (nSPS) is 7.33. The van der Waals surface area contributed by atoms with Crippen LogP contribution in [-0.2, 0) is 9.53 Å². The molecule has 3 nitrogen and oxygen atoms in total. The summed E-state index contributed by atoms with van der Waals surface area (Å²) in [6.07, 6.45) is 0.537. The molecule has 9 heavy (non-hydrogen) atoms. The highest BCUT2D eigenvalue weighted by atomic mass is 16.5. The zero-order valence-corrected chi connectivity index (χ0v) is 5.31. The SMILES string of the molecule is COC(=O)C#CCCN. The predicted octanol–water partition coefficient (Wildman–Crippen LogP) is -0.488. The number of esters is 1. The lowest BCUT2D eigenvalue weighted by Gasteiger charge is -1.83. The third-order valence-electron chi connectivity index (χ3n) is 0.645. The summed E-state index contributed by atoms with van der Waals surface area (Å²) in [6, 6.07) is 0. The van der Waals surface area contributed by atoms with Crippen LogP contribution in [0.15, 0.2) is 0 Å². The lowest BCUT2D eigenvalue weighted by Crippen LogP contribution is -1.98. The van der Waals surface area contributed by atoms with E-state index in [1.807, 2.05) is 0 Å². The molecule has 0 aliphatic carbocycles. The molecule has 0 rings (SSSR count). The van der Waals surface area contributed by atoms with Gasteiger partial charge in [0.05, 0.1) is 7.11 Å². The van der Waals surface area contributed by atoms with Crippen LogP contribution >= 0.6 is 0 Å². The van der Waals surface area contributed by atoms with Gasteiger partial charge in [-0.05, 0) is 0 Å². The third-order valence-corrected chi connectivity index (χ3v) is 0.645. The van der Waals surface area contributed by atoms with Gasteiger partial charge in [0.2, 0.25) is 0 Å². The van der Waals surface area contributed by atoms with Crippen molar-refractivity contribution in [1.82, 2.24) is 0 Å². The van der Waals surface area contributed by atoms with E-state index in [-0.39, 0.29) is 0 Å². The van der Waals surface area contributed by atoms with Gasteiger partial charge in [0.15, 0.2) is 0 Å². The first-order valence-electron chi connectivity index (χ1n) is 2.58. The van der Waals surface area contributed by atoms with E-state index in [9.17, 15) is 4.79 Å². The fourth-order valence-electron chi connectivity index (χ4n) is 0.258. The lowest BCUT2D eigenvalue weighted by atomic mass is 10.4. The highest BCUT2D eigenvalue weighted by Crippen LogP contribution is 1.70. The Kier molecular flexibility index (Phi) is 4.56. The number of rotatable bonds is 1. The van der Waals surface area contributed by atoms with Crippen LogP contribution in [0.4, 0.5) is 0 Å². The minimum absolute atomic E-state index is 0.476. The standard InChI is InChI=1S/C6H9NO2/c1-9-6(8)4-2-3-5-7/h3,5,7H2,1H3. The van der Waals surface area contributed by atoms with Crippen LogP contribution in [0.25, 0.3) is 0 Å². The number of carbonyl (C=O) groups is 1. The van der Waals surface area contributed by atoms with E-state index in [1.54, 1.807) is 0 Å². The highest BCUT2D eigenvalue weighted by Gasteiger charge is 1.86. The van der Waals surface area contributed by atoms with Crippen molar-refractivity contribution in [2.45, 2.75) is 6.42 Å². The first-order valence-corrected chi connectivity index (χ1v) is 2.58. The molecule has 0 aliphatic heterocycles. The van der Waals surface area contributed by atoms with Crippen molar-refractivity contribution in [3.63, 3.8) is 0 Å². The van der Waals surface area contributed by atoms with Crippen molar-refractivity contribution in [3.8, 4) is 11.8 Å². The zero-order chi connectivity index (χ0) is 7.11. The van der Waals surface area contributed by atoms with Crippen molar-refractivity contribution in [3.05, 3.63) is 0 Å². The second-order valence-corrected chi connectivity index (χ2v) is 1.33. The van der Waals surface area contributed by atoms with Crippen LogP contribution in [0.5, 0.6) is 0 Å². The van der Waals surface area contributed by atoms with Crippen LogP contribution in [0.2, 0.25) is 0 Å². The molecule has 0 radical (unpaired) electrons. The maximum atomic E-state index is 10.2. The number of methoxy groups -OCH3 is 1. The van der Waals surface area contributed by atoms with Crippen molar-refractivity contribution in [1.29, 1.82) is 0 Å². The molecule has 0 aromatic carbocycles. The Morgan fingerprint density at radius 3 is 2.89 bits per heavy atom. The predicted molar refractivity (Wildman–Crippen MR) is 33.5 cm³/mol. The monoisotopic (exact) mass is 127 g/mol. The average molecular weight is 127 g/mol. The fraction of sp³-hybridized carbons (Fsp3) is 0.500. The molecule has 0 aliphatic rings. The Balaban J connectivity index is 3.46. The van der Waals surface area contributed by atoms with Crippen molar-refractivity contribution in [2.75, 3.05) is 13.7 Å². The molecule has 0 spiro atoms. The molecule has 0 bridgehead atoms. The molecule has 0 fully saturated rings. The maximum absolute atomic E-state index is 10.2. The summed E-state index contributed by atoms with van der Waals surface area (Å²) in [4.78, 5) is 10.2. The Morgan fingerprint density at radius 1 is 1.78 bits per heavy atom. The Labute approximate surface area is 54.2 Å². The van der Waals surface area contributed by atoms with Crippen LogP contribution in [0.3, 0.4) is 0 Å². The first-order chi connectivity index (χ1) is 4.31. The van der Waals surface area contributed by atoms with Gasteiger partial charge in [0.25, 0.3) is 0 Å². The minimum atomic E-state index is -0.511. The van der Waals surface area contributed by atoms with E-state index in [1.165, 1.54) is 7.11 Å². The molecular formula is C6H9NO2. The highest BCUT2D eigenvalue weighted by molar-refractivity contribution is 5.88. The summed E-state index contributed by atoms with van der Waals surface area (Å²) in [6.45, 7) is 0.476. The van der Waals surface area contributed by atoms with E-state index in [4.69, 9.17) is 5.73 Å². The van der Waals surface area contributed by atoms with E-state index in [0.29, 0.717) is 13.0 Å². The lowest BCUT2D eigenvalue weighted by molar-refractivity contribution is -0.133. The first kappa shape index (κ1) is 7.99. The summed E-state index contributed by atoms with van der Waals surface area (Å²) >= 11 is 0. The van der Waals surface area contributed by atoms with Crippen molar-refractivity contribution in [2.24, 2.45) is 5.73 Å². The van der Waals surface area contributed by atoms with Crippen LogP contribution in [0, 0.1) is 11.8 Å². The van der Waals surface area contributed by atoms with Gasteiger partial charge in [0.1, 0.15) is 0 Å². The summed E-state index contributed by atoms with van der Waals surface area (Å²) in [7, 11) is 1.29. The molecular weight excluding hydrogens is 118 g/mol. The van der Waals surface area contributed by atoms with Crippen molar-refractivity contribution >= 4 is 5.97 Å². The summed E-state index contributed by atoms with van der Waals surface area (Å²) < 4.78 is 4.24. The van der Waals surface area contributed by atoms with E-state index in [0.717, 1.165) is 0 Å². The fourth-order valence-corrected chi connectivity index (χ4v) is 0.258. The van der Waals surface area contributed by atoms with Gasteiger partial charge in [0, 0.05) is 18.9 Å². The largest absolute Gasteiger partial charge is 0.459 e. The second kappa shape index (κ2) is 5.13. The van der Waals surface area contributed by atoms with Gasteiger partial charge in [-0.3, -0.25) is 0 Å². The number of nitrogens with two attached hydrogens (primary N) is 1. The van der Waals surface area contributed by atoms with Crippen LogP contribution < -0.4 is 5.73 Å². The molecule has 0 saturated carbocycles. The van der Waals surface area contributed by atoms with Gasteiger partial charge in [-0.2, -0.15) is 0 Å². The number of ether oxygens (including phenoxy) is 1. The number of carbonyl (C=O) groups excluding carboxylic acids is 1. The molecule has 0 atom stereocenters. The maximum Gasteiger partial charge on any atom is 0.384 e. The van der Waals surface area contributed by atoms with Crippen molar-refractivity contribution < 1.29 is 9.53 Å². The summed E-state index contributed by atoms with van der Waals surface area (Å²) in [5.41, 5.74) is 5.10. The molecule has 2 N–H and O–H groups in total. The smallest absolute Gasteiger partial charge is 0.384 e. The van der Waals surface area contributed by atoms with E-state index < -0.39 is 5.97 Å². The van der Waals surface area contributed by atoms with Gasteiger partial charge in [-0.15, -0.1) is 0 Å². The van der Waals surface area contributed by atoms with Gasteiger partial charge >= 0.3 is 5.97 Å². The zero-order valence-electron chi connectivity index (χ0n) is 5.31. The van der Waals surface area contributed by atoms with Gasteiger partial charge in [-0.25, -0.2) is 4.79 Å². The second-order valence-electron chi connectivity index (χ2n) is 1.33. The Bertz CT molecular complexity index is 143. The number of hydrogen-bond donors (Lipinski definition) is 1. The molecule has 0 aromatic rings. The summed E-state index contributed by atoms with van der Waals surface area (Å²) in [5.74, 6) is 4.27. The number of hydrogen-bond acceptors (Lipinski definition) is 3. The molecule has 0 amide bonds. The minimum Gasteiger partial charge on any atom is -0.459 e. The summed E-state index contributed by atoms with van der Waals surface area (Å²) in [5, 5.41) is 0. The van der Waals surface area contributed by atoms with Gasteiger partial charge < -0.3 is 10.5 Å². The van der Waals surface area contributed by atoms with Crippen LogP contribution in [0.1, 0.15) is 6.42 Å². The molecule has 50 valence electrons. The topological polar surface area (TPSA) is 52.3 Å². The van der Waals surface area contributed by atoms with E-state index in [2.05, 4.69) is 16.6 Å². The molecule has 0 heterocycles. The molecule has 0 saturated heterocycles. The molecule has 0 aromatic heterocycles. The average Bonchev–Trinajstić information content (AvgIpc) is 1.89. The van der Waals surface area contributed by atoms with E-state index >= 15 is 0 Å². The Morgan fingerprint density at radius 2 is 2.44 bits per heavy atom. The van der Waals surface area contributed by atoms with Crippen LogP contribution in [-0.4, -0.2) is 19.6 Å². The quantitative estimate of drug-likeness (QED) is 0.294. The molecule has 0 unspecified atom stereocenters. The molecule has 3 heteroatoms.